The van der Waals surface area contributed by atoms with Crippen molar-refractivity contribution < 1.29 is 43.8 Å². The number of aliphatic carboxylic acids is 1. The third-order valence-corrected chi connectivity index (χ3v) is 1.30. The average molecular weight is 176 g/mol. The van der Waals surface area contributed by atoms with Crippen LogP contribution in [0.15, 0.2) is 30.3 Å². The molecule has 0 aliphatic heterocycles. The zero-order valence-electron chi connectivity index (χ0n) is 6.66. The van der Waals surface area contributed by atoms with Gasteiger partial charge in [-0.3, -0.25) is 0 Å². The Hall–Kier alpha value is -0.380. The van der Waals surface area contributed by atoms with Crippen LogP contribution in [0, 0.1) is 0 Å². The number of alkyl halides is 1. The van der Waals surface area contributed by atoms with Crippen molar-refractivity contribution in [1.82, 2.24) is 0 Å². The van der Waals surface area contributed by atoms with Crippen LogP contribution in [0.3, 0.4) is 0 Å². The zero-order valence-corrected chi connectivity index (χ0v) is 8.66. The SMILES string of the molecule is O=C([O-])C(F)c1ccccc1.[Na+]. The van der Waals surface area contributed by atoms with E-state index in [1.807, 2.05) is 0 Å². The van der Waals surface area contributed by atoms with Gasteiger partial charge in [-0.2, -0.15) is 0 Å². The van der Waals surface area contributed by atoms with Crippen LogP contribution in [0.1, 0.15) is 11.7 Å². The molecule has 0 saturated heterocycles. The van der Waals surface area contributed by atoms with Crippen molar-refractivity contribution in [3.05, 3.63) is 35.9 Å². The van der Waals surface area contributed by atoms with Gasteiger partial charge in [0.15, 0.2) is 6.17 Å². The Labute approximate surface area is 91.7 Å². The molecule has 1 aromatic carbocycles. The summed E-state index contributed by atoms with van der Waals surface area (Å²) in [6.07, 6.45) is -2.02. The molecule has 0 aromatic heterocycles. The Balaban J connectivity index is 0.00000121. The molecule has 1 rings (SSSR count). The second kappa shape index (κ2) is 5.30. The Morgan fingerprint density at radius 1 is 1.33 bits per heavy atom. The summed E-state index contributed by atoms with van der Waals surface area (Å²) in [5, 5.41) is 10.0. The summed E-state index contributed by atoms with van der Waals surface area (Å²) in [6.45, 7) is 0. The molecule has 0 heterocycles. The van der Waals surface area contributed by atoms with E-state index in [0.29, 0.717) is 0 Å². The molecule has 0 aliphatic carbocycles. The second-order valence-corrected chi connectivity index (χ2v) is 2.09. The number of hydrogen-bond acceptors (Lipinski definition) is 2. The molecule has 12 heavy (non-hydrogen) atoms. The van der Waals surface area contributed by atoms with Crippen molar-refractivity contribution in [1.29, 1.82) is 0 Å². The van der Waals surface area contributed by atoms with Gasteiger partial charge in [-0.25, -0.2) is 4.39 Å². The van der Waals surface area contributed by atoms with E-state index in [-0.39, 0.29) is 35.1 Å². The summed E-state index contributed by atoms with van der Waals surface area (Å²) in [4.78, 5) is 10.0. The Morgan fingerprint density at radius 2 is 1.83 bits per heavy atom. The Bertz CT molecular complexity index is 250. The van der Waals surface area contributed by atoms with Crippen LogP contribution in [-0.2, 0) is 4.79 Å². The fraction of sp³-hybridized carbons (Fsp3) is 0.125. The van der Waals surface area contributed by atoms with Gasteiger partial charge in [0, 0.05) is 0 Å². The summed E-state index contributed by atoms with van der Waals surface area (Å²) < 4.78 is 12.6. The predicted molar refractivity (Wildman–Crippen MR) is 35.3 cm³/mol. The Kier molecular flexibility index (Phi) is 5.13. The minimum absolute atomic E-state index is 0. The molecule has 4 heteroatoms. The van der Waals surface area contributed by atoms with E-state index >= 15 is 0 Å². The van der Waals surface area contributed by atoms with Gasteiger partial charge in [0.05, 0.1) is 5.97 Å². The van der Waals surface area contributed by atoms with Gasteiger partial charge in [0.1, 0.15) is 0 Å². The smallest absolute Gasteiger partial charge is 0.547 e. The first-order valence-electron chi connectivity index (χ1n) is 3.11. The first-order chi connectivity index (χ1) is 5.22. The van der Waals surface area contributed by atoms with Crippen molar-refractivity contribution in [2.75, 3.05) is 0 Å². The number of benzene rings is 1. The number of rotatable bonds is 2. The van der Waals surface area contributed by atoms with Gasteiger partial charge in [0.25, 0.3) is 0 Å². The normalized spacial score (nSPS) is 11.4. The number of carboxylic acids is 1. The van der Waals surface area contributed by atoms with Crippen LogP contribution in [-0.4, -0.2) is 5.97 Å². The maximum Gasteiger partial charge on any atom is 1.00 e. The van der Waals surface area contributed by atoms with Gasteiger partial charge < -0.3 is 9.90 Å². The van der Waals surface area contributed by atoms with Crippen molar-refractivity contribution in [3.63, 3.8) is 0 Å². The second-order valence-electron chi connectivity index (χ2n) is 2.09. The van der Waals surface area contributed by atoms with E-state index in [2.05, 4.69) is 0 Å². The monoisotopic (exact) mass is 176 g/mol. The van der Waals surface area contributed by atoms with Crippen LogP contribution < -0.4 is 34.7 Å². The molecule has 1 aromatic rings. The predicted octanol–water partition coefficient (Wildman–Crippen LogP) is -2.55. The molecular weight excluding hydrogens is 170 g/mol. The molecule has 0 amide bonds. The molecule has 0 spiro atoms. The van der Waals surface area contributed by atoms with E-state index in [0.717, 1.165) is 0 Å². The zero-order chi connectivity index (χ0) is 8.27. The number of halogens is 1. The summed E-state index contributed by atoms with van der Waals surface area (Å²) >= 11 is 0. The quantitative estimate of drug-likeness (QED) is 0.465. The number of carboxylic acid groups (broad SMARTS) is 1. The summed E-state index contributed by atoms with van der Waals surface area (Å²) in [7, 11) is 0. The largest absolute Gasteiger partial charge is 1.00 e. The molecule has 1 atom stereocenters. The average Bonchev–Trinajstić information content (AvgIpc) is 2.05. The summed E-state index contributed by atoms with van der Waals surface area (Å²) in [6, 6.07) is 7.64. The minimum atomic E-state index is -2.02. The third kappa shape index (κ3) is 2.93. The maximum absolute atomic E-state index is 12.6. The molecular formula is C8H6FNaO2. The summed E-state index contributed by atoms with van der Waals surface area (Å²) in [5.74, 6) is -1.70. The van der Waals surface area contributed by atoms with Gasteiger partial charge in [-0.1, -0.05) is 30.3 Å². The molecule has 2 nitrogen and oxygen atoms in total. The van der Waals surface area contributed by atoms with Gasteiger partial charge in [-0.05, 0) is 5.56 Å². The van der Waals surface area contributed by atoms with Crippen LogP contribution in [0.5, 0.6) is 0 Å². The number of carbonyl (C=O) groups excluding carboxylic acids is 1. The standard InChI is InChI=1S/C8H7FO2.Na/c9-7(8(10)11)6-4-2-1-3-5-6;/h1-5,7H,(H,10,11);/q;+1/p-1. The Morgan fingerprint density at radius 3 is 2.25 bits per heavy atom. The van der Waals surface area contributed by atoms with E-state index in [9.17, 15) is 14.3 Å². The fourth-order valence-electron chi connectivity index (χ4n) is 0.758. The molecule has 0 radical (unpaired) electrons. The third-order valence-electron chi connectivity index (χ3n) is 1.30. The molecule has 0 fully saturated rings. The van der Waals surface area contributed by atoms with Crippen molar-refractivity contribution in [2.24, 2.45) is 0 Å². The first-order valence-corrected chi connectivity index (χ1v) is 3.11. The van der Waals surface area contributed by atoms with Gasteiger partial charge in [-0.15, -0.1) is 0 Å². The molecule has 0 N–H and O–H groups in total. The minimum Gasteiger partial charge on any atom is -0.547 e. The van der Waals surface area contributed by atoms with E-state index in [4.69, 9.17) is 0 Å². The molecule has 0 bridgehead atoms. The van der Waals surface area contributed by atoms with Crippen molar-refractivity contribution >= 4 is 5.97 Å². The first kappa shape index (κ1) is 11.6. The van der Waals surface area contributed by atoms with E-state index in [1.165, 1.54) is 12.1 Å². The van der Waals surface area contributed by atoms with E-state index in [1.54, 1.807) is 18.2 Å². The van der Waals surface area contributed by atoms with Crippen LogP contribution in [0.2, 0.25) is 0 Å². The van der Waals surface area contributed by atoms with Crippen LogP contribution in [0.4, 0.5) is 4.39 Å². The topological polar surface area (TPSA) is 40.1 Å². The van der Waals surface area contributed by atoms with Crippen molar-refractivity contribution in [2.45, 2.75) is 6.17 Å². The maximum atomic E-state index is 12.6. The number of carbonyl (C=O) groups is 1. The summed E-state index contributed by atoms with van der Waals surface area (Å²) in [5.41, 5.74) is 0.118. The van der Waals surface area contributed by atoms with Crippen LogP contribution >= 0.6 is 0 Å². The van der Waals surface area contributed by atoms with Crippen molar-refractivity contribution in [3.8, 4) is 0 Å². The fourth-order valence-corrected chi connectivity index (χ4v) is 0.758. The number of hydrogen-bond donors (Lipinski definition) is 0. The van der Waals surface area contributed by atoms with E-state index < -0.39 is 12.1 Å². The molecule has 1 unspecified atom stereocenters. The molecule has 0 saturated carbocycles. The molecule has 0 aliphatic rings. The molecule has 58 valence electrons. The van der Waals surface area contributed by atoms with Gasteiger partial charge >= 0.3 is 29.6 Å². The van der Waals surface area contributed by atoms with Crippen LogP contribution in [0.25, 0.3) is 0 Å². The van der Waals surface area contributed by atoms with Gasteiger partial charge in [0.2, 0.25) is 0 Å².